The average Bonchev–Trinajstić information content (AvgIpc) is 2.97. The van der Waals surface area contributed by atoms with Gasteiger partial charge in [0.05, 0.1) is 12.2 Å². The Balaban J connectivity index is 2.71. The maximum atomic E-state index is 14.7. The lowest BCUT2D eigenvalue weighted by molar-refractivity contribution is -0.121. The molecule has 0 aromatic heterocycles. The van der Waals surface area contributed by atoms with Crippen molar-refractivity contribution < 1.29 is 18.1 Å². The van der Waals surface area contributed by atoms with Gasteiger partial charge in [0.15, 0.2) is 0 Å². The van der Waals surface area contributed by atoms with Crippen LogP contribution >= 0.6 is 9.47 Å². The predicted molar refractivity (Wildman–Crippen MR) is 120 cm³/mol. The number of hydrogen-bond donors (Lipinski definition) is 0. The molecular weight excluding hydrogens is 390 g/mol. The topological polar surface area (TPSA) is 35.5 Å². The third-order valence-electron chi connectivity index (χ3n) is 5.67. The molecule has 0 aromatic rings. The van der Waals surface area contributed by atoms with Crippen molar-refractivity contribution >= 4 is 24.3 Å². The largest absolute Gasteiger partial charge is 0.411 e. The van der Waals surface area contributed by atoms with Gasteiger partial charge in [0.25, 0.3) is 0 Å². The summed E-state index contributed by atoms with van der Waals surface area (Å²) in [6.07, 6.45) is 11.6. The van der Waals surface area contributed by atoms with Crippen LogP contribution in [0.2, 0.25) is 13.1 Å². The van der Waals surface area contributed by atoms with Crippen LogP contribution in [0.3, 0.4) is 0 Å². The van der Waals surface area contributed by atoms with Crippen LogP contribution in [-0.4, -0.2) is 33.2 Å². The molecule has 0 saturated heterocycles. The molecule has 0 amide bonds. The van der Waals surface area contributed by atoms with E-state index in [1.54, 1.807) is 0 Å². The van der Waals surface area contributed by atoms with Crippen molar-refractivity contribution in [2.24, 2.45) is 11.8 Å². The minimum atomic E-state index is -0.966. The van der Waals surface area contributed by atoms with Gasteiger partial charge in [0.2, 0.25) is 9.04 Å². The second-order valence-corrected chi connectivity index (χ2v) is 10.6. The number of carbonyl (C=O) groups excluding carboxylic acids is 1. The highest BCUT2D eigenvalue weighted by Crippen LogP contribution is 2.39. The van der Waals surface area contributed by atoms with Gasteiger partial charge in [0.1, 0.15) is 12.0 Å². The van der Waals surface area contributed by atoms with Crippen molar-refractivity contribution in [1.29, 1.82) is 0 Å². The zero-order chi connectivity index (χ0) is 20.9. The minimum Gasteiger partial charge on any atom is -0.411 e. The number of halogens is 1. The van der Waals surface area contributed by atoms with E-state index in [0.717, 1.165) is 32.1 Å². The molecule has 28 heavy (non-hydrogen) atoms. The van der Waals surface area contributed by atoms with Gasteiger partial charge in [-0.3, -0.25) is 4.79 Å². The molecule has 0 bridgehead atoms. The summed E-state index contributed by atoms with van der Waals surface area (Å²) in [6, 6.07) is 0. The number of hydrogen-bond acceptors (Lipinski definition) is 3. The van der Waals surface area contributed by atoms with Crippen LogP contribution in [0.5, 0.6) is 0 Å². The van der Waals surface area contributed by atoms with E-state index in [1.165, 1.54) is 12.8 Å². The number of unbranched alkanes of at least 4 members (excludes halogenated alkanes) is 3. The highest BCUT2D eigenvalue weighted by Gasteiger charge is 2.42. The monoisotopic (exact) mass is 431 g/mol. The van der Waals surface area contributed by atoms with Crippen molar-refractivity contribution in [3.63, 3.8) is 0 Å². The molecule has 6 heteroatoms. The number of ketones is 1. The molecule has 0 aliphatic heterocycles. The molecule has 1 aliphatic rings. The third-order valence-corrected chi connectivity index (χ3v) is 6.80. The molecule has 1 fully saturated rings. The summed E-state index contributed by atoms with van der Waals surface area (Å²) in [4.78, 5) is 12.5. The lowest BCUT2D eigenvalue weighted by atomic mass is 9.86. The van der Waals surface area contributed by atoms with Gasteiger partial charge in [-0.15, -0.1) is 0 Å². The van der Waals surface area contributed by atoms with E-state index < -0.39 is 15.2 Å². The molecule has 1 rings (SSSR count). The molecule has 0 N–H and O–H groups in total. The zero-order valence-corrected chi connectivity index (χ0v) is 20.4. The summed E-state index contributed by atoms with van der Waals surface area (Å²) >= 11 is 0. The van der Waals surface area contributed by atoms with Crippen LogP contribution in [0.4, 0.5) is 4.39 Å². The number of rotatable bonds is 15. The molecule has 3 nitrogen and oxygen atoms in total. The smallest absolute Gasteiger partial charge is 0.205 e. The quantitative estimate of drug-likeness (QED) is 0.129. The fourth-order valence-corrected chi connectivity index (χ4v) is 5.25. The maximum absolute atomic E-state index is 14.7. The Morgan fingerprint density at radius 1 is 1.21 bits per heavy atom. The Kier molecular flexibility index (Phi) is 13.7. The SMILES string of the molecule is CCCC/C=C\CC1C(=O)CC(OP)C1CCC(O[Si](C)C)C(F)CCCC. The van der Waals surface area contributed by atoms with E-state index in [2.05, 4.69) is 48.6 Å². The molecule has 6 unspecified atom stereocenters. The number of allylic oxidation sites excluding steroid dienone is 2. The number of carbonyl (C=O) groups is 1. The fraction of sp³-hybridized carbons (Fsp3) is 0.864. The van der Waals surface area contributed by atoms with Gasteiger partial charge in [-0.2, -0.15) is 0 Å². The van der Waals surface area contributed by atoms with E-state index >= 15 is 0 Å². The van der Waals surface area contributed by atoms with Crippen molar-refractivity contribution in [2.45, 2.75) is 110 Å². The summed E-state index contributed by atoms with van der Waals surface area (Å²) in [5.74, 6) is 0.425. The zero-order valence-electron chi connectivity index (χ0n) is 18.3. The Bertz CT molecular complexity index is 461. The van der Waals surface area contributed by atoms with Crippen molar-refractivity contribution in [2.75, 3.05) is 0 Å². The van der Waals surface area contributed by atoms with Gasteiger partial charge in [0, 0.05) is 21.8 Å². The van der Waals surface area contributed by atoms with Crippen molar-refractivity contribution in [3.05, 3.63) is 12.2 Å². The lowest BCUT2D eigenvalue weighted by Gasteiger charge is -2.28. The van der Waals surface area contributed by atoms with Crippen LogP contribution in [0.1, 0.15) is 78.1 Å². The Morgan fingerprint density at radius 3 is 2.54 bits per heavy atom. The van der Waals surface area contributed by atoms with Gasteiger partial charge in [-0.1, -0.05) is 51.7 Å². The van der Waals surface area contributed by atoms with Gasteiger partial charge in [-0.05, 0) is 51.1 Å². The van der Waals surface area contributed by atoms with E-state index in [-0.39, 0.29) is 29.8 Å². The first kappa shape index (κ1) is 25.9. The molecule has 0 heterocycles. The summed E-state index contributed by atoms with van der Waals surface area (Å²) in [5, 5.41) is 0. The maximum Gasteiger partial charge on any atom is 0.205 e. The average molecular weight is 432 g/mol. The third kappa shape index (κ3) is 9.15. The van der Waals surface area contributed by atoms with Crippen molar-refractivity contribution in [1.82, 2.24) is 0 Å². The second-order valence-electron chi connectivity index (χ2n) is 8.26. The van der Waals surface area contributed by atoms with E-state index in [0.29, 0.717) is 19.3 Å². The predicted octanol–water partition coefficient (Wildman–Crippen LogP) is 6.45. The molecule has 6 atom stereocenters. The lowest BCUT2D eigenvalue weighted by Crippen LogP contribution is -2.32. The Morgan fingerprint density at radius 2 is 1.93 bits per heavy atom. The van der Waals surface area contributed by atoms with Gasteiger partial charge >= 0.3 is 0 Å². The second kappa shape index (κ2) is 14.8. The van der Waals surface area contributed by atoms with Crippen LogP contribution in [0.15, 0.2) is 12.2 Å². The molecule has 1 aliphatic carbocycles. The first-order valence-electron chi connectivity index (χ1n) is 11.1. The van der Waals surface area contributed by atoms with E-state index in [4.69, 9.17) is 8.95 Å². The molecule has 163 valence electrons. The first-order valence-corrected chi connectivity index (χ1v) is 14.0. The van der Waals surface area contributed by atoms with Crippen LogP contribution in [0.25, 0.3) is 0 Å². The van der Waals surface area contributed by atoms with Crippen molar-refractivity contribution in [3.8, 4) is 0 Å². The summed E-state index contributed by atoms with van der Waals surface area (Å²) in [7, 11) is 1.36. The van der Waals surface area contributed by atoms with Crippen LogP contribution in [0, 0.1) is 11.8 Å². The first-order chi connectivity index (χ1) is 13.4. The molecule has 1 saturated carbocycles. The summed E-state index contributed by atoms with van der Waals surface area (Å²) < 4.78 is 26.3. The normalized spacial score (nSPS) is 25.1. The van der Waals surface area contributed by atoms with Crippen LogP contribution in [-0.2, 0) is 13.7 Å². The molecule has 1 radical (unpaired) electrons. The highest BCUT2D eigenvalue weighted by atomic mass is 31.0. The number of Topliss-reactive ketones (excluding diaryl/α,β-unsaturated/α-hetero) is 1. The Labute approximate surface area is 176 Å². The number of alkyl halides is 1. The molecule has 0 aromatic carbocycles. The van der Waals surface area contributed by atoms with E-state index in [1.807, 2.05) is 0 Å². The summed E-state index contributed by atoms with van der Waals surface area (Å²) in [5.41, 5.74) is 0. The molecular formula is C22H41FO3PSi. The summed E-state index contributed by atoms with van der Waals surface area (Å²) in [6.45, 7) is 8.38. The molecule has 0 spiro atoms. The standard InChI is InChI=1S/C22H41FO3PSi/c1-5-7-9-10-11-12-17-18(22(25-27)16-20(17)24)14-15-21(26-28(3)4)19(23)13-8-6-2/h10-11,17-19,21-22H,5-9,12-16,27H2,1-4H3/b11-10-. The minimum absolute atomic E-state index is 0.00851. The highest BCUT2D eigenvalue weighted by molar-refractivity contribution is 7.09. The van der Waals surface area contributed by atoms with Gasteiger partial charge in [-0.25, -0.2) is 4.39 Å². The Hall–Kier alpha value is -0.0931. The fourth-order valence-electron chi connectivity index (χ4n) is 4.08. The van der Waals surface area contributed by atoms with E-state index in [9.17, 15) is 9.18 Å². The van der Waals surface area contributed by atoms with Crippen LogP contribution < -0.4 is 0 Å². The van der Waals surface area contributed by atoms with Gasteiger partial charge < -0.3 is 8.95 Å².